The van der Waals surface area contributed by atoms with Gasteiger partial charge >= 0.3 is 0 Å². The van der Waals surface area contributed by atoms with Crippen molar-refractivity contribution in [3.05, 3.63) is 62.7 Å². The predicted octanol–water partition coefficient (Wildman–Crippen LogP) is 4.72. The fraction of sp³-hybridized carbons (Fsp3) is 0.111. The molecule has 2 aliphatic rings. The summed E-state index contributed by atoms with van der Waals surface area (Å²) in [6.45, 7) is 0.496. The molecule has 0 aromatic heterocycles. The highest BCUT2D eigenvalue weighted by atomic mass is 79.9. The van der Waals surface area contributed by atoms with Gasteiger partial charge in [-0.05, 0) is 41.5 Å². The van der Waals surface area contributed by atoms with Crippen molar-refractivity contribution in [2.24, 2.45) is 0 Å². The summed E-state index contributed by atoms with van der Waals surface area (Å²) in [5.74, 6) is 0.819. The zero-order valence-corrected chi connectivity index (χ0v) is 16.4. The Morgan fingerprint density at radius 3 is 2.65 bits per heavy atom. The Labute approximate surface area is 167 Å². The maximum Gasteiger partial charge on any atom is 0.266 e. The van der Waals surface area contributed by atoms with E-state index in [4.69, 9.17) is 21.7 Å². The van der Waals surface area contributed by atoms with E-state index in [1.54, 1.807) is 18.2 Å². The first-order valence-electron chi connectivity index (χ1n) is 7.60. The van der Waals surface area contributed by atoms with Crippen molar-refractivity contribution in [3.8, 4) is 11.5 Å². The Hall–Kier alpha value is -1.90. The molecule has 0 aliphatic carbocycles. The summed E-state index contributed by atoms with van der Waals surface area (Å²) < 4.78 is 25.0. The average molecular weight is 452 g/mol. The normalized spacial score (nSPS) is 17.5. The van der Waals surface area contributed by atoms with Crippen LogP contribution in [0.1, 0.15) is 11.1 Å². The van der Waals surface area contributed by atoms with Crippen molar-refractivity contribution >= 4 is 56.2 Å². The lowest BCUT2D eigenvalue weighted by Gasteiger charge is -2.14. The molecule has 1 fully saturated rings. The molecule has 132 valence electrons. The third-order valence-electron chi connectivity index (χ3n) is 3.91. The molecule has 0 saturated carbocycles. The van der Waals surface area contributed by atoms with Crippen LogP contribution in [0, 0.1) is 5.82 Å². The fourth-order valence-electron chi connectivity index (χ4n) is 2.59. The number of thioether (sulfide) groups is 1. The summed E-state index contributed by atoms with van der Waals surface area (Å²) in [6.07, 6.45) is 1.77. The highest BCUT2D eigenvalue weighted by Crippen LogP contribution is 2.40. The van der Waals surface area contributed by atoms with Crippen LogP contribution in [-0.4, -0.2) is 21.9 Å². The third kappa shape index (κ3) is 3.36. The Kier molecular flexibility index (Phi) is 4.73. The Balaban J connectivity index is 1.59. The molecular formula is C18H11BrFNO3S2. The fourth-order valence-corrected chi connectivity index (χ4v) is 4.28. The zero-order valence-electron chi connectivity index (χ0n) is 13.2. The summed E-state index contributed by atoms with van der Waals surface area (Å²) in [7, 11) is 0. The van der Waals surface area contributed by atoms with Gasteiger partial charge in [-0.25, -0.2) is 4.39 Å². The summed E-state index contributed by atoms with van der Waals surface area (Å²) in [6, 6.07) is 9.66. The molecule has 1 saturated heterocycles. The van der Waals surface area contributed by atoms with E-state index in [1.807, 2.05) is 12.1 Å². The van der Waals surface area contributed by atoms with E-state index in [0.29, 0.717) is 27.3 Å². The van der Waals surface area contributed by atoms with Crippen molar-refractivity contribution < 1.29 is 18.7 Å². The molecule has 2 aromatic rings. The molecule has 0 bridgehead atoms. The lowest BCUT2D eigenvalue weighted by atomic mass is 10.1. The van der Waals surface area contributed by atoms with Crippen LogP contribution in [0.15, 0.2) is 45.8 Å². The van der Waals surface area contributed by atoms with Crippen molar-refractivity contribution in [1.29, 1.82) is 0 Å². The van der Waals surface area contributed by atoms with Gasteiger partial charge in [0, 0.05) is 4.47 Å². The number of ether oxygens (including phenoxy) is 2. The molecule has 0 atom stereocenters. The van der Waals surface area contributed by atoms with Crippen LogP contribution >= 0.6 is 39.9 Å². The second-order valence-corrected chi connectivity index (χ2v) is 8.15. The number of nitrogens with zero attached hydrogens (tertiary/aromatic N) is 1. The smallest absolute Gasteiger partial charge is 0.266 e. The van der Waals surface area contributed by atoms with E-state index in [1.165, 1.54) is 28.8 Å². The lowest BCUT2D eigenvalue weighted by Crippen LogP contribution is -2.27. The minimum Gasteiger partial charge on any atom is -0.454 e. The molecule has 2 aromatic carbocycles. The van der Waals surface area contributed by atoms with Gasteiger partial charge in [-0.2, -0.15) is 0 Å². The number of carbonyl (C=O) groups excluding carboxylic acids is 1. The zero-order chi connectivity index (χ0) is 18.3. The van der Waals surface area contributed by atoms with Crippen LogP contribution in [0.5, 0.6) is 11.5 Å². The van der Waals surface area contributed by atoms with Crippen LogP contribution in [0.4, 0.5) is 4.39 Å². The molecule has 0 radical (unpaired) electrons. The first-order valence-corrected chi connectivity index (χ1v) is 9.62. The van der Waals surface area contributed by atoms with E-state index >= 15 is 0 Å². The number of hydrogen-bond donors (Lipinski definition) is 0. The van der Waals surface area contributed by atoms with E-state index in [9.17, 15) is 9.18 Å². The van der Waals surface area contributed by atoms with Crippen LogP contribution in [0.3, 0.4) is 0 Å². The largest absolute Gasteiger partial charge is 0.454 e. The number of carbonyl (C=O) groups is 1. The molecule has 0 spiro atoms. The number of rotatable bonds is 3. The van der Waals surface area contributed by atoms with Crippen molar-refractivity contribution in [2.45, 2.75) is 6.54 Å². The number of halogens is 2. The Morgan fingerprint density at radius 1 is 1.23 bits per heavy atom. The summed E-state index contributed by atoms with van der Waals surface area (Å²) in [5, 5.41) is 0. The molecule has 4 rings (SSSR count). The van der Waals surface area contributed by atoms with Crippen LogP contribution in [-0.2, 0) is 11.3 Å². The van der Waals surface area contributed by atoms with E-state index in [-0.39, 0.29) is 18.5 Å². The minimum atomic E-state index is -0.313. The number of amides is 1. The highest BCUT2D eigenvalue weighted by molar-refractivity contribution is 9.10. The average Bonchev–Trinajstić information content (AvgIpc) is 3.16. The SMILES string of the molecule is O=C1/C(=C/c2cc3c(cc2Br)OCO3)SC(=S)N1Cc1ccc(F)cc1. The van der Waals surface area contributed by atoms with Crippen LogP contribution < -0.4 is 9.47 Å². The summed E-state index contributed by atoms with van der Waals surface area (Å²) in [5.41, 5.74) is 1.62. The van der Waals surface area contributed by atoms with Gasteiger partial charge in [0.2, 0.25) is 6.79 Å². The molecule has 1 amide bonds. The third-order valence-corrected chi connectivity index (χ3v) is 5.97. The maximum absolute atomic E-state index is 13.0. The van der Waals surface area contributed by atoms with Gasteiger partial charge in [-0.3, -0.25) is 9.69 Å². The second kappa shape index (κ2) is 7.02. The maximum atomic E-state index is 13.0. The van der Waals surface area contributed by atoms with Crippen molar-refractivity contribution in [2.75, 3.05) is 6.79 Å². The topological polar surface area (TPSA) is 38.8 Å². The van der Waals surface area contributed by atoms with E-state index in [2.05, 4.69) is 15.9 Å². The number of fused-ring (bicyclic) bond motifs is 1. The molecule has 2 aliphatic heterocycles. The van der Waals surface area contributed by atoms with Gasteiger partial charge in [0.15, 0.2) is 11.5 Å². The first kappa shape index (κ1) is 17.5. The molecule has 0 N–H and O–H groups in total. The monoisotopic (exact) mass is 451 g/mol. The van der Waals surface area contributed by atoms with Gasteiger partial charge in [-0.15, -0.1) is 0 Å². The van der Waals surface area contributed by atoms with Gasteiger partial charge in [0.05, 0.1) is 11.4 Å². The molecular weight excluding hydrogens is 441 g/mol. The molecule has 26 heavy (non-hydrogen) atoms. The first-order chi connectivity index (χ1) is 12.5. The van der Waals surface area contributed by atoms with E-state index in [0.717, 1.165) is 15.6 Å². The number of thiocarbonyl (C=S) groups is 1. The van der Waals surface area contributed by atoms with Gasteiger partial charge in [-0.1, -0.05) is 52.0 Å². The van der Waals surface area contributed by atoms with Gasteiger partial charge in [0.25, 0.3) is 5.91 Å². The highest BCUT2D eigenvalue weighted by Gasteiger charge is 2.32. The standard InChI is InChI=1S/C18H11BrFNO3S2/c19-13-7-15-14(23-9-24-15)5-11(13)6-16-17(22)21(18(25)26-16)8-10-1-3-12(20)4-2-10/h1-7H,8-9H2/b16-6-. The minimum absolute atomic E-state index is 0.172. The Bertz CT molecular complexity index is 946. The van der Waals surface area contributed by atoms with Crippen LogP contribution in [0.25, 0.3) is 6.08 Å². The van der Waals surface area contributed by atoms with E-state index < -0.39 is 0 Å². The second-order valence-electron chi connectivity index (χ2n) is 5.62. The number of benzene rings is 2. The van der Waals surface area contributed by atoms with Crippen molar-refractivity contribution in [3.63, 3.8) is 0 Å². The lowest BCUT2D eigenvalue weighted by molar-refractivity contribution is -0.122. The number of hydrogen-bond acceptors (Lipinski definition) is 5. The predicted molar refractivity (Wildman–Crippen MR) is 105 cm³/mol. The van der Waals surface area contributed by atoms with Crippen molar-refractivity contribution in [1.82, 2.24) is 4.90 Å². The van der Waals surface area contributed by atoms with Gasteiger partial charge in [0.1, 0.15) is 10.1 Å². The Morgan fingerprint density at radius 2 is 1.92 bits per heavy atom. The molecule has 0 unspecified atom stereocenters. The molecule has 4 nitrogen and oxygen atoms in total. The summed E-state index contributed by atoms with van der Waals surface area (Å²) in [4.78, 5) is 14.8. The van der Waals surface area contributed by atoms with Crippen LogP contribution in [0.2, 0.25) is 0 Å². The molecule has 8 heteroatoms. The molecule has 2 heterocycles. The quantitative estimate of drug-likeness (QED) is 0.498. The summed E-state index contributed by atoms with van der Waals surface area (Å²) >= 11 is 10.1. The van der Waals surface area contributed by atoms with Gasteiger partial charge < -0.3 is 9.47 Å².